The van der Waals surface area contributed by atoms with Crippen LogP contribution >= 0.6 is 0 Å². The minimum absolute atomic E-state index is 0.677. The van der Waals surface area contributed by atoms with Crippen LogP contribution in [-0.2, 0) is 0 Å². The molecular weight excluding hydrogens is 186 g/mol. The van der Waals surface area contributed by atoms with Gasteiger partial charge in [0, 0.05) is 31.8 Å². The van der Waals surface area contributed by atoms with E-state index < -0.39 is 0 Å². The molecule has 80 valence electrons. The van der Waals surface area contributed by atoms with E-state index in [-0.39, 0.29) is 0 Å². The molecule has 1 aliphatic rings. The molecule has 3 nitrogen and oxygen atoms in total. The average Bonchev–Trinajstić information content (AvgIpc) is 3.01. The van der Waals surface area contributed by atoms with Crippen LogP contribution in [0.3, 0.4) is 0 Å². The second-order valence-corrected chi connectivity index (χ2v) is 4.18. The molecule has 2 rings (SSSR count). The van der Waals surface area contributed by atoms with Gasteiger partial charge in [0.25, 0.3) is 0 Å². The molecular formula is C12H17N3. The molecule has 0 unspecified atom stereocenters. The van der Waals surface area contributed by atoms with Gasteiger partial charge in [0.05, 0.1) is 0 Å². The fraction of sp³-hybridized carbons (Fsp3) is 0.500. The van der Waals surface area contributed by atoms with Crippen molar-refractivity contribution in [1.29, 1.82) is 0 Å². The summed E-state index contributed by atoms with van der Waals surface area (Å²) in [6, 6.07) is 2.10. The van der Waals surface area contributed by atoms with Gasteiger partial charge in [0.1, 0.15) is 5.82 Å². The van der Waals surface area contributed by atoms with Crippen molar-refractivity contribution in [3.8, 4) is 0 Å². The topological polar surface area (TPSA) is 29.0 Å². The maximum Gasteiger partial charge on any atom is 0.154 e. The van der Waals surface area contributed by atoms with Crippen molar-refractivity contribution in [1.82, 2.24) is 9.97 Å². The molecule has 1 saturated carbocycles. The molecule has 1 aromatic heterocycles. The minimum Gasteiger partial charge on any atom is -0.363 e. The summed E-state index contributed by atoms with van der Waals surface area (Å²) in [4.78, 5) is 11.0. The van der Waals surface area contributed by atoms with Gasteiger partial charge in [-0.1, -0.05) is 6.08 Å². The largest absolute Gasteiger partial charge is 0.363 e. The van der Waals surface area contributed by atoms with E-state index in [1.807, 2.05) is 38.1 Å². The number of anilines is 1. The Bertz CT molecular complexity index is 358. The minimum atomic E-state index is 0.677. The fourth-order valence-corrected chi connectivity index (χ4v) is 1.51. The van der Waals surface area contributed by atoms with Crippen LogP contribution in [0.5, 0.6) is 0 Å². The molecule has 0 bridgehead atoms. The van der Waals surface area contributed by atoms with Gasteiger partial charge in [0.2, 0.25) is 0 Å². The molecule has 0 aliphatic heterocycles. The average molecular weight is 203 g/mol. The van der Waals surface area contributed by atoms with Gasteiger partial charge >= 0.3 is 0 Å². The van der Waals surface area contributed by atoms with E-state index in [1.54, 1.807) is 0 Å². The van der Waals surface area contributed by atoms with Crippen LogP contribution in [-0.4, -0.2) is 24.1 Å². The second kappa shape index (κ2) is 4.01. The molecule has 1 aliphatic carbocycles. The smallest absolute Gasteiger partial charge is 0.154 e. The first kappa shape index (κ1) is 10.1. The summed E-state index contributed by atoms with van der Waals surface area (Å²) in [6.45, 7) is 1.99. The number of hydrogen-bond donors (Lipinski definition) is 0. The van der Waals surface area contributed by atoms with Gasteiger partial charge < -0.3 is 4.90 Å². The summed E-state index contributed by atoms with van der Waals surface area (Å²) in [5.41, 5.74) is 1.20. The first-order valence-corrected chi connectivity index (χ1v) is 5.39. The zero-order chi connectivity index (χ0) is 10.8. The van der Waals surface area contributed by atoms with Crippen LogP contribution in [0.2, 0.25) is 0 Å². The quantitative estimate of drug-likeness (QED) is 0.755. The Balaban J connectivity index is 2.38. The number of rotatable bonds is 3. The van der Waals surface area contributed by atoms with Crippen molar-refractivity contribution in [2.45, 2.75) is 25.7 Å². The van der Waals surface area contributed by atoms with Crippen LogP contribution in [0.15, 0.2) is 12.1 Å². The second-order valence-electron chi connectivity index (χ2n) is 4.18. The summed E-state index contributed by atoms with van der Waals surface area (Å²) in [5.74, 6) is 2.50. The van der Waals surface area contributed by atoms with Gasteiger partial charge in [-0.2, -0.15) is 0 Å². The highest BCUT2D eigenvalue weighted by Gasteiger charge is 2.26. The Kier molecular flexibility index (Phi) is 2.71. The highest BCUT2D eigenvalue weighted by molar-refractivity contribution is 5.47. The Morgan fingerprint density at radius 2 is 2.07 bits per heavy atom. The lowest BCUT2D eigenvalue weighted by Crippen LogP contribution is -2.12. The first-order chi connectivity index (χ1) is 7.20. The molecule has 1 aromatic rings. The molecule has 0 spiro atoms. The third-order valence-corrected chi connectivity index (χ3v) is 2.52. The zero-order valence-corrected chi connectivity index (χ0v) is 9.57. The predicted octanol–water partition coefficient (Wildman–Crippen LogP) is 2.45. The molecule has 1 heterocycles. The lowest BCUT2D eigenvalue weighted by atomic mass is 10.2. The van der Waals surface area contributed by atoms with E-state index in [0.29, 0.717) is 5.92 Å². The molecule has 3 heteroatoms. The predicted molar refractivity (Wildman–Crippen MR) is 63.0 cm³/mol. The van der Waals surface area contributed by atoms with Crippen LogP contribution in [0, 0.1) is 0 Å². The Labute approximate surface area is 90.9 Å². The standard InChI is InChI=1S/C12H17N3/c1-4-5-11-13-10(9-6-7-9)8-12(14-11)15(2)3/h4-5,8-9H,6-7H2,1-3H3/b5-4+. The zero-order valence-electron chi connectivity index (χ0n) is 9.57. The van der Waals surface area contributed by atoms with Gasteiger partial charge in [-0.3, -0.25) is 0 Å². The van der Waals surface area contributed by atoms with E-state index in [0.717, 1.165) is 11.6 Å². The summed E-state index contributed by atoms with van der Waals surface area (Å²) in [5, 5.41) is 0. The molecule has 0 aromatic carbocycles. The van der Waals surface area contributed by atoms with Crippen molar-refractivity contribution in [3.63, 3.8) is 0 Å². The van der Waals surface area contributed by atoms with E-state index in [9.17, 15) is 0 Å². The maximum atomic E-state index is 4.54. The molecule has 0 saturated heterocycles. The monoisotopic (exact) mass is 203 g/mol. The third-order valence-electron chi connectivity index (χ3n) is 2.52. The summed E-state index contributed by atoms with van der Waals surface area (Å²) in [7, 11) is 4.02. The summed E-state index contributed by atoms with van der Waals surface area (Å²) < 4.78 is 0. The van der Waals surface area contributed by atoms with Gasteiger partial charge in [0.15, 0.2) is 5.82 Å². The van der Waals surface area contributed by atoms with E-state index in [4.69, 9.17) is 0 Å². The molecule has 0 radical (unpaired) electrons. The summed E-state index contributed by atoms with van der Waals surface area (Å²) >= 11 is 0. The normalized spacial score (nSPS) is 15.9. The number of hydrogen-bond acceptors (Lipinski definition) is 3. The Morgan fingerprint density at radius 1 is 1.33 bits per heavy atom. The Hall–Kier alpha value is -1.38. The molecule has 0 atom stereocenters. The van der Waals surface area contributed by atoms with Crippen LogP contribution < -0.4 is 4.90 Å². The highest BCUT2D eigenvalue weighted by atomic mass is 15.1. The SMILES string of the molecule is C/C=C/c1nc(C2CC2)cc(N(C)C)n1. The lowest BCUT2D eigenvalue weighted by Gasteiger charge is -2.12. The van der Waals surface area contributed by atoms with Crippen molar-refractivity contribution in [2.75, 3.05) is 19.0 Å². The molecule has 0 amide bonds. The highest BCUT2D eigenvalue weighted by Crippen LogP contribution is 2.39. The van der Waals surface area contributed by atoms with Crippen molar-refractivity contribution in [3.05, 3.63) is 23.7 Å². The van der Waals surface area contributed by atoms with E-state index >= 15 is 0 Å². The van der Waals surface area contributed by atoms with Crippen LogP contribution in [0.25, 0.3) is 6.08 Å². The van der Waals surface area contributed by atoms with Gasteiger partial charge in [-0.25, -0.2) is 9.97 Å². The summed E-state index contributed by atoms with van der Waals surface area (Å²) in [6.07, 6.45) is 6.49. The fourth-order valence-electron chi connectivity index (χ4n) is 1.51. The van der Waals surface area contributed by atoms with Crippen molar-refractivity contribution >= 4 is 11.9 Å². The van der Waals surface area contributed by atoms with Gasteiger partial charge in [-0.15, -0.1) is 0 Å². The van der Waals surface area contributed by atoms with Crippen molar-refractivity contribution in [2.24, 2.45) is 0 Å². The number of allylic oxidation sites excluding steroid dienone is 1. The first-order valence-electron chi connectivity index (χ1n) is 5.39. The lowest BCUT2D eigenvalue weighted by molar-refractivity contribution is 0.947. The maximum absolute atomic E-state index is 4.54. The van der Waals surface area contributed by atoms with E-state index in [1.165, 1.54) is 18.5 Å². The number of aromatic nitrogens is 2. The molecule has 15 heavy (non-hydrogen) atoms. The molecule has 1 fully saturated rings. The third kappa shape index (κ3) is 2.35. The van der Waals surface area contributed by atoms with Crippen LogP contribution in [0.4, 0.5) is 5.82 Å². The Morgan fingerprint density at radius 3 is 2.60 bits per heavy atom. The van der Waals surface area contributed by atoms with Crippen molar-refractivity contribution < 1.29 is 0 Å². The van der Waals surface area contributed by atoms with Gasteiger partial charge in [-0.05, 0) is 25.8 Å². The number of nitrogens with zero attached hydrogens (tertiary/aromatic N) is 3. The van der Waals surface area contributed by atoms with Crippen LogP contribution in [0.1, 0.15) is 37.2 Å². The van der Waals surface area contributed by atoms with E-state index in [2.05, 4.69) is 16.0 Å². The molecule has 0 N–H and O–H groups in total.